The maximum atomic E-state index is 14.0. The van der Waals surface area contributed by atoms with Crippen LogP contribution < -0.4 is 9.62 Å². The molecule has 0 bridgehead atoms. The molecule has 0 aliphatic heterocycles. The zero-order valence-electron chi connectivity index (χ0n) is 22.2. The number of anilines is 1. The van der Waals surface area contributed by atoms with Crippen molar-refractivity contribution in [1.82, 2.24) is 10.2 Å². The molecular weight excluding hydrogens is 557 g/mol. The van der Waals surface area contributed by atoms with Gasteiger partial charge in [0.2, 0.25) is 11.8 Å². The summed E-state index contributed by atoms with van der Waals surface area (Å²) in [5.74, 6) is -0.695. The molecule has 2 amide bonds. The Morgan fingerprint density at radius 2 is 1.44 bits per heavy atom. The Morgan fingerprint density at radius 3 is 1.97 bits per heavy atom. The fraction of sp³-hybridized carbons (Fsp3) is 0.310. The molecule has 0 heterocycles. The van der Waals surface area contributed by atoms with Gasteiger partial charge in [0.05, 0.1) is 10.6 Å². The maximum absolute atomic E-state index is 14.0. The molecule has 0 aliphatic rings. The van der Waals surface area contributed by atoms with Crippen molar-refractivity contribution < 1.29 is 18.0 Å². The van der Waals surface area contributed by atoms with E-state index in [1.54, 1.807) is 73.7 Å². The van der Waals surface area contributed by atoms with Crippen LogP contribution in [-0.2, 0) is 26.2 Å². The Kier molecular flexibility index (Phi) is 10.8. The normalized spacial score (nSPS) is 12.2. The Bertz CT molecular complexity index is 1350. The van der Waals surface area contributed by atoms with Gasteiger partial charge in [-0.3, -0.25) is 13.9 Å². The van der Waals surface area contributed by atoms with Crippen LogP contribution in [0.4, 0.5) is 5.69 Å². The fourth-order valence-corrected chi connectivity index (χ4v) is 5.99. The van der Waals surface area contributed by atoms with E-state index in [4.69, 9.17) is 23.2 Å². The average Bonchev–Trinajstić information content (AvgIpc) is 2.92. The fourth-order valence-electron chi connectivity index (χ4n) is 4.04. The molecule has 208 valence electrons. The summed E-state index contributed by atoms with van der Waals surface area (Å²) in [6.07, 6.45) is 0.300. The van der Waals surface area contributed by atoms with E-state index in [2.05, 4.69) is 5.32 Å². The number of para-hydroxylation sites is 1. The van der Waals surface area contributed by atoms with Crippen molar-refractivity contribution in [2.24, 2.45) is 5.92 Å². The van der Waals surface area contributed by atoms with Crippen molar-refractivity contribution in [3.63, 3.8) is 0 Å². The molecule has 1 atom stereocenters. The van der Waals surface area contributed by atoms with Crippen LogP contribution in [0.2, 0.25) is 10.0 Å². The van der Waals surface area contributed by atoms with Gasteiger partial charge in [-0.05, 0) is 48.7 Å². The van der Waals surface area contributed by atoms with Crippen molar-refractivity contribution in [3.8, 4) is 0 Å². The number of sulfonamides is 1. The third-order valence-electron chi connectivity index (χ3n) is 6.11. The summed E-state index contributed by atoms with van der Waals surface area (Å²) in [5.41, 5.74) is 0.796. The van der Waals surface area contributed by atoms with Gasteiger partial charge in [0.15, 0.2) is 0 Å². The number of hydrogen-bond acceptors (Lipinski definition) is 4. The minimum atomic E-state index is -4.11. The van der Waals surface area contributed by atoms with Crippen LogP contribution in [0.5, 0.6) is 0 Å². The molecule has 3 aromatic rings. The molecule has 0 fully saturated rings. The monoisotopic (exact) mass is 589 g/mol. The first-order valence-corrected chi connectivity index (χ1v) is 14.9. The van der Waals surface area contributed by atoms with Crippen LogP contribution in [0.25, 0.3) is 0 Å². The van der Waals surface area contributed by atoms with Crippen LogP contribution in [0, 0.1) is 5.92 Å². The standard InChI is InChI=1S/C29H33Cl2N3O4S/c1-4-27(29(36)32-18-21(2)3)33(19-24-25(30)16-11-17-26(24)31)28(35)20-34(22-12-7-5-8-13-22)39(37,38)23-14-9-6-10-15-23/h5-17,21,27H,4,18-20H2,1-3H3,(H,32,36). The van der Waals surface area contributed by atoms with Gasteiger partial charge in [-0.2, -0.15) is 0 Å². The number of carbonyl (C=O) groups is 2. The molecule has 0 spiro atoms. The first kappa shape index (κ1) is 30.5. The molecule has 1 N–H and O–H groups in total. The second-order valence-corrected chi connectivity index (χ2v) is 12.1. The Labute approximate surface area is 240 Å². The minimum Gasteiger partial charge on any atom is -0.354 e. The van der Waals surface area contributed by atoms with Crippen molar-refractivity contribution in [2.45, 2.75) is 44.7 Å². The Balaban J connectivity index is 2.05. The van der Waals surface area contributed by atoms with E-state index >= 15 is 0 Å². The second kappa shape index (κ2) is 13.8. The molecule has 0 aromatic heterocycles. The molecule has 0 aliphatic carbocycles. The van der Waals surface area contributed by atoms with E-state index in [0.717, 1.165) is 4.31 Å². The van der Waals surface area contributed by atoms with E-state index in [9.17, 15) is 18.0 Å². The predicted molar refractivity (Wildman–Crippen MR) is 156 cm³/mol. The van der Waals surface area contributed by atoms with Crippen LogP contribution in [0.15, 0.2) is 83.8 Å². The molecule has 7 nitrogen and oxygen atoms in total. The van der Waals surface area contributed by atoms with E-state index < -0.39 is 28.5 Å². The lowest BCUT2D eigenvalue weighted by Gasteiger charge is -2.33. The Hall–Kier alpha value is -3.07. The number of amides is 2. The quantitative estimate of drug-likeness (QED) is 0.290. The molecule has 3 rings (SSSR count). The zero-order valence-corrected chi connectivity index (χ0v) is 24.5. The molecule has 0 saturated heterocycles. The van der Waals surface area contributed by atoms with Gasteiger partial charge >= 0.3 is 0 Å². The highest BCUT2D eigenvalue weighted by Gasteiger charge is 2.34. The van der Waals surface area contributed by atoms with Crippen molar-refractivity contribution in [3.05, 3.63) is 94.5 Å². The Morgan fingerprint density at radius 1 is 0.872 bits per heavy atom. The summed E-state index contributed by atoms with van der Waals surface area (Å²) in [6, 6.07) is 20.4. The van der Waals surface area contributed by atoms with Gasteiger partial charge in [0, 0.05) is 28.7 Å². The number of benzene rings is 3. The van der Waals surface area contributed by atoms with Crippen LogP contribution in [0.1, 0.15) is 32.8 Å². The van der Waals surface area contributed by atoms with Crippen LogP contribution in [-0.4, -0.2) is 44.3 Å². The summed E-state index contributed by atoms with van der Waals surface area (Å²) in [5, 5.41) is 3.58. The van der Waals surface area contributed by atoms with Gasteiger partial charge in [-0.1, -0.05) is 86.4 Å². The molecule has 3 aromatic carbocycles. The zero-order chi connectivity index (χ0) is 28.6. The smallest absolute Gasteiger partial charge is 0.264 e. The molecule has 1 unspecified atom stereocenters. The average molecular weight is 591 g/mol. The molecular formula is C29H33Cl2N3O4S. The summed E-state index contributed by atoms with van der Waals surface area (Å²) < 4.78 is 28.5. The minimum absolute atomic E-state index is 0.0454. The molecule has 0 radical (unpaired) electrons. The number of hydrogen-bond donors (Lipinski definition) is 1. The van der Waals surface area contributed by atoms with E-state index in [1.165, 1.54) is 17.0 Å². The largest absolute Gasteiger partial charge is 0.354 e. The van der Waals surface area contributed by atoms with E-state index in [0.29, 0.717) is 34.3 Å². The number of halogens is 2. The van der Waals surface area contributed by atoms with Crippen LogP contribution in [0.3, 0.4) is 0 Å². The topological polar surface area (TPSA) is 86.8 Å². The number of rotatable bonds is 12. The van der Waals surface area contributed by atoms with Gasteiger partial charge in [-0.25, -0.2) is 8.42 Å². The molecule has 10 heteroatoms. The third-order valence-corrected chi connectivity index (χ3v) is 8.61. The first-order chi connectivity index (χ1) is 18.6. The van der Waals surface area contributed by atoms with Gasteiger partial charge in [0.1, 0.15) is 12.6 Å². The maximum Gasteiger partial charge on any atom is 0.264 e. The summed E-state index contributed by atoms with van der Waals surface area (Å²) in [4.78, 5) is 28.7. The lowest BCUT2D eigenvalue weighted by molar-refractivity contribution is -0.140. The summed E-state index contributed by atoms with van der Waals surface area (Å²) >= 11 is 12.9. The highest BCUT2D eigenvalue weighted by molar-refractivity contribution is 7.92. The second-order valence-electron chi connectivity index (χ2n) is 9.45. The summed E-state index contributed by atoms with van der Waals surface area (Å²) in [7, 11) is -4.11. The summed E-state index contributed by atoms with van der Waals surface area (Å²) in [6.45, 7) is 5.57. The van der Waals surface area contributed by atoms with Crippen molar-refractivity contribution in [2.75, 3.05) is 17.4 Å². The van der Waals surface area contributed by atoms with Crippen LogP contribution >= 0.6 is 23.2 Å². The highest BCUT2D eigenvalue weighted by atomic mass is 35.5. The van der Waals surface area contributed by atoms with E-state index in [1.807, 2.05) is 13.8 Å². The highest BCUT2D eigenvalue weighted by Crippen LogP contribution is 2.28. The predicted octanol–water partition coefficient (Wildman–Crippen LogP) is 5.77. The van der Waals surface area contributed by atoms with Crippen molar-refractivity contribution in [1.29, 1.82) is 0 Å². The number of nitrogens with zero attached hydrogens (tertiary/aromatic N) is 2. The molecule has 0 saturated carbocycles. The SMILES string of the molecule is CCC(C(=O)NCC(C)C)N(Cc1c(Cl)cccc1Cl)C(=O)CN(c1ccccc1)S(=O)(=O)c1ccccc1. The lowest BCUT2D eigenvalue weighted by atomic mass is 10.1. The van der Waals surface area contributed by atoms with E-state index in [-0.39, 0.29) is 23.3 Å². The first-order valence-electron chi connectivity index (χ1n) is 12.7. The molecule has 39 heavy (non-hydrogen) atoms. The van der Waals surface area contributed by atoms with Gasteiger partial charge in [-0.15, -0.1) is 0 Å². The number of nitrogens with one attached hydrogen (secondary N) is 1. The van der Waals surface area contributed by atoms with Crippen molar-refractivity contribution >= 4 is 50.7 Å². The number of carbonyl (C=O) groups excluding carboxylic acids is 2. The van der Waals surface area contributed by atoms with Gasteiger partial charge in [0.25, 0.3) is 10.0 Å². The van der Waals surface area contributed by atoms with Gasteiger partial charge < -0.3 is 10.2 Å². The lowest BCUT2D eigenvalue weighted by Crippen LogP contribution is -2.52. The third kappa shape index (κ3) is 7.75.